The van der Waals surface area contributed by atoms with E-state index in [1.807, 2.05) is 0 Å². The van der Waals surface area contributed by atoms with Gasteiger partial charge in [-0.15, -0.1) is 0 Å². The fourth-order valence-electron chi connectivity index (χ4n) is 3.06. The minimum Gasteiger partial charge on any atom is -0.496 e. The molecular weight excluding hydrogens is 336 g/mol. The summed E-state index contributed by atoms with van der Waals surface area (Å²) >= 11 is 0. The summed E-state index contributed by atoms with van der Waals surface area (Å²) < 4.78 is 10.0. The molecule has 1 aliphatic rings. The van der Waals surface area contributed by atoms with Crippen LogP contribution in [0.15, 0.2) is 24.3 Å². The Hall–Kier alpha value is -2.57. The van der Waals surface area contributed by atoms with E-state index in [2.05, 4.69) is 17.6 Å². The van der Waals surface area contributed by atoms with Crippen LogP contribution in [0.3, 0.4) is 0 Å². The minimum atomic E-state index is -0.667. The lowest BCUT2D eigenvalue weighted by Crippen LogP contribution is -2.43. The van der Waals surface area contributed by atoms with Crippen molar-refractivity contribution in [3.8, 4) is 5.75 Å². The molecule has 0 radical (unpaired) electrons. The van der Waals surface area contributed by atoms with Gasteiger partial charge in [0.15, 0.2) is 6.61 Å². The molecular formula is C19H26N2O5. The molecule has 7 nitrogen and oxygen atoms in total. The van der Waals surface area contributed by atoms with Gasteiger partial charge in [0.1, 0.15) is 12.3 Å². The van der Waals surface area contributed by atoms with E-state index in [0.29, 0.717) is 17.2 Å². The van der Waals surface area contributed by atoms with E-state index >= 15 is 0 Å². The van der Waals surface area contributed by atoms with Crippen LogP contribution < -0.4 is 15.4 Å². The number of benzene rings is 1. The van der Waals surface area contributed by atoms with Crippen molar-refractivity contribution < 1.29 is 23.9 Å². The largest absolute Gasteiger partial charge is 0.496 e. The zero-order valence-electron chi connectivity index (χ0n) is 15.2. The van der Waals surface area contributed by atoms with Crippen molar-refractivity contribution in [1.29, 1.82) is 0 Å². The second kappa shape index (κ2) is 9.79. The monoisotopic (exact) mass is 362 g/mol. The van der Waals surface area contributed by atoms with E-state index < -0.39 is 11.9 Å². The van der Waals surface area contributed by atoms with Crippen LogP contribution in [0.4, 0.5) is 0 Å². The number of amides is 2. The van der Waals surface area contributed by atoms with Crippen LogP contribution >= 0.6 is 0 Å². The Morgan fingerprint density at radius 2 is 1.88 bits per heavy atom. The Kier molecular flexibility index (Phi) is 7.44. The summed E-state index contributed by atoms with van der Waals surface area (Å²) in [7, 11) is 1.46. The molecule has 0 aromatic heterocycles. The van der Waals surface area contributed by atoms with Crippen LogP contribution in [0, 0.1) is 5.92 Å². The van der Waals surface area contributed by atoms with Gasteiger partial charge in [0.25, 0.3) is 11.8 Å². The smallest absolute Gasteiger partial charge is 0.325 e. The van der Waals surface area contributed by atoms with Gasteiger partial charge in [0, 0.05) is 6.04 Å². The molecule has 2 atom stereocenters. The van der Waals surface area contributed by atoms with Crippen molar-refractivity contribution in [3.05, 3.63) is 29.8 Å². The molecule has 0 unspecified atom stereocenters. The highest BCUT2D eigenvalue weighted by Crippen LogP contribution is 2.23. The first-order chi connectivity index (χ1) is 12.5. The third-order valence-corrected chi connectivity index (χ3v) is 4.57. The van der Waals surface area contributed by atoms with Gasteiger partial charge in [0.05, 0.1) is 12.7 Å². The number of esters is 1. The molecule has 0 bridgehead atoms. The molecule has 0 saturated heterocycles. The summed E-state index contributed by atoms with van der Waals surface area (Å²) in [6.07, 6.45) is 4.34. The summed E-state index contributed by atoms with van der Waals surface area (Å²) in [4.78, 5) is 35.7. The van der Waals surface area contributed by atoms with Gasteiger partial charge in [0.2, 0.25) is 0 Å². The first-order valence-corrected chi connectivity index (χ1v) is 8.87. The van der Waals surface area contributed by atoms with Gasteiger partial charge < -0.3 is 20.1 Å². The number of methoxy groups -OCH3 is 1. The third-order valence-electron chi connectivity index (χ3n) is 4.57. The average molecular weight is 362 g/mol. The molecule has 2 N–H and O–H groups in total. The molecule has 1 saturated carbocycles. The summed E-state index contributed by atoms with van der Waals surface area (Å²) in [6, 6.07) is 6.84. The van der Waals surface area contributed by atoms with Crippen molar-refractivity contribution in [3.63, 3.8) is 0 Å². The fraction of sp³-hybridized carbons (Fsp3) is 0.526. The van der Waals surface area contributed by atoms with Gasteiger partial charge in [-0.1, -0.05) is 31.9 Å². The van der Waals surface area contributed by atoms with E-state index in [1.54, 1.807) is 24.3 Å². The van der Waals surface area contributed by atoms with Crippen molar-refractivity contribution in [2.45, 2.75) is 38.6 Å². The molecule has 1 aliphatic carbocycles. The summed E-state index contributed by atoms with van der Waals surface area (Å²) in [5.41, 5.74) is 0.326. The molecule has 0 spiro atoms. The topological polar surface area (TPSA) is 93.7 Å². The lowest BCUT2D eigenvalue weighted by molar-refractivity contribution is -0.147. The number of carbonyl (C=O) groups excluding carboxylic acids is 3. The zero-order chi connectivity index (χ0) is 18.9. The molecule has 142 valence electrons. The first-order valence-electron chi connectivity index (χ1n) is 8.87. The molecule has 0 heterocycles. The number of para-hydroxylation sites is 1. The highest BCUT2D eigenvalue weighted by molar-refractivity contribution is 5.98. The quantitative estimate of drug-likeness (QED) is 0.720. The number of nitrogens with one attached hydrogen (secondary N) is 2. The molecule has 0 aliphatic heterocycles. The van der Waals surface area contributed by atoms with Crippen LogP contribution in [0.1, 0.15) is 43.0 Å². The number of ether oxygens (including phenoxy) is 2. The summed E-state index contributed by atoms with van der Waals surface area (Å²) in [6.45, 7) is 1.46. The molecule has 1 fully saturated rings. The van der Waals surface area contributed by atoms with Crippen molar-refractivity contribution >= 4 is 17.8 Å². The van der Waals surface area contributed by atoms with Crippen molar-refractivity contribution in [2.24, 2.45) is 5.92 Å². The Balaban J connectivity index is 1.71. The standard InChI is InChI=1S/C19H26N2O5/c1-13-7-3-5-9-15(13)21-17(22)12-26-18(23)11-20-19(24)14-8-4-6-10-16(14)25-2/h4,6,8,10,13,15H,3,5,7,9,11-12H2,1-2H3,(H,20,24)(H,21,22)/t13-,15-/m0/s1. The maximum atomic E-state index is 12.1. The number of rotatable bonds is 7. The van der Waals surface area contributed by atoms with Gasteiger partial charge in [-0.25, -0.2) is 0 Å². The Bertz CT molecular complexity index is 647. The van der Waals surface area contributed by atoms with Gasteiger partial charge in [-0.05, 0) is 30.9 Å². The number of hydrogen-bond acceptors (Lipinski definition) is 5. The normalized spacial score (nSPS) is 19.3. The van der Waals surface area contributed by atoms with E-state index in [1.165, 1.54) is 13.5 Å². The maximum absolute atomic E-state index is 12.1. The lowest BCUT2D eigenvalue weighted by Gasteiger charge is -2.29. The van der Waals surface area contributed by atoms with Crippen LogP contribution in [0.2, 0.25) is 0 Å². The van der Waals surface area contributed by atoms with Gasteiger partial charge in [-0.3, -0.25) is 14.4 Å². The van der Waals surface area contributed by atoms with E-state index in [4.69, 9.17) is 9.47 Å². The Morgan fingerprint density at radius 1 is 1.15 bits per heavy atom. The van der Waals surface area contributed by atoms with Gasteiger partial charge >= 0.3 is 5.97 Å². The fourth-order valence-corrected chi connectivity index (χ4v) is 3.06. The van der Waals surface area contributed by atoms with E-state index in [-0.39, 0.29) is 25.1 Å². The number of hydrogen-bond donors (Lipinski definition) is 2. The maximum Gasteiger partial charge on any atom is 0.325 e. The molecule has 26 heavy (non-hydrogen) atoms. The summed E-state index contributed by atoms with van der Waals surface area (Å²) in [5, 5.41) is 5.37. The van der Waals surface area contributed by atoms with Crippen LogP contribution in [0.25, 0.3) is 0 Å². The third kappa shape index (κ3) is 5.75. The number of carbonyl (C=O) groups is 3. The molecule has 2 amide bonds. The van der Waals surface area contributed by atoms with Crippen molar-refractivity contribution in [1.82, 2.24) is 10.6 Å². The first kappa shape index (κ1) is 19.8. The Morgan fingerprint density at radius 3 is 2.62 bits per heavy atom. The minimum absolute atomic E-state index is 0.139. The van der Waals surface area contributed by atoms with E-state index in [9.17, 15) is 14.4 Å². The second-order valence-corrected chi connectivity index (χ2v) is 6.48. The van der Waals surface area contributed by atoms with Crippen LogP contribution in [0.5, 0.6) is 5.75 Å². The molecule has 1 aromatic rings. The molecule has 1 aromatic carbocycles. The molecule has 7 heteroatoms. The average Bonchev–Trinajstić information content (AvgIpc) is 2.66. The zero-order valence-corrected chi connectivity index (χ0v) is 15.2. The summed E-state index contributed by atoms with van der Waals surface area (Å²) in [5.74, 6) is -0.573. The Labute approximate surface area is 153 Å². The highest BCUT2D eigenvalue weighted by Gasteiger charge is 2.23. The SMILES string of the molecule is COc1ccccc1C(=O)NCC(=O)OCC(=O)N[C@H]1CCCC[C@@H]1C. The van der Waals surface area contributed by atoms with Crippen LogP contribution in [-0.4, -0.2) is 44.1 Å². The predicted octanol–water partition coefficient (Wildman–Crippen LogP) is 1.66. The van der Waals surface area contributed by atoms with E-state index in [0.717, 1.165) is 19.3 Å². The van der Waals surface area contributed by atoms with Crippen LogP contribution in [-0.2, 0) is 14.3 Å². The van der Waals surface area contributed by atoms with Crippen molar-refractivity contribution in [2.75, 3.05) is 20.3 Å². The van der Waals surface area contributed by atoms with Gasteiger partial charge in [-0.2, -0.15) is 0 Å². The lowest BCUT2D eigenvalue weighted by atomic mass is 9.86. The second-order valence-electron chi connectivity index (χ2n) is 6.48. The predicted molar refractivity (Wildman–Crippen MR) is 95.8 cm³/mol. The molecule has 2 rings (SSSR count). The highest BCUT2D eigenvalue weighted by atomic mass is 16.5.